The average Bonchev–Trinajstić information content (AvgIpc) is 3.08. The van der Waals surface area contributed by atoms with Crippen LogP contribution in [0.25, 0.3) is 22.3 Å². The van der Waals surface area contributed by atoms with Gasteiger partial charge in [-0.1, -0.05) is 69.5 Å². The first-order chi connectivity index (χ1) is 22.6. The van der Waals surface area contributed by atoms with Crippen LogP contribution in [0, 0.1) is 5.92 Å². The minimum absolute atomic E-state index is 0.0125. The number of benzene rings is 4. The molecule has 9 nitrogen and oxygen atoms in total. The number of esters is 4. The molecule has 0 aliphatic heterocycles. The summed E-state index contributed by atoms with van der Waals surface area (Å²) in [7, 11) is 1.60. The van der Waals surface area contributed by atoms with Gasteiger partial charge in [0.2, 0.25) is 0 Å². The second-order valence-electron chi connectivity index (χ2n) is 10.5. The van der Waals surface area contributed by atoms with Gasteiger partial charge in [0.1, 0.15) is 17.2 Å². The molecule has 47 heavy (non-hydrogen) atoms. The summed E-state index contributed by atoms with van der Waals surface area (Å²) in [6.07, 6.45) is 2.29. The molecule has 0 N–H and O–H groups in total. The molecule has 0 saturated carbocycles. The summed E-state index contributed by atoms with van der Waals surface area (Å²) in [5.41, 5.74) is 4.24. The molecule has 0 heterocycles. The summed E-state index contributed by atoms with van der Waals surface area (Å²) in [6, 6.07) is 24.8. The zero-order valence-corrected chi connectivity index (χ0v) is 26.3. The average molecular weight is 635 g/mol. The summed E-state index contributed by atoms with van der Waals surface area (Å²) in [5.74, 6) is -0.839. The van der Waals surface area contributed by atoms with E-state index < -0.39 is 17.9 Å². The number of methoxy groups -OCH3 is 1. The predicted octanol–water partition coefficient (Wildman–Crippen LogP) is 7.31. The maximum Gasteiger partial charge on any atom is 0.335 e. The summed E-state index contributed by atoms with van der Waals surface area (Å²) < 4.78 is 26.9. The van der Waals surface area contributed by atoms with Crippen molar-refractivity contribution in [1.82, 2.24) is 0 Å². The van der Waals surface area contributed by atoms with E-state index in [0.717, 1.165) is 34.4 Å². The fourth-order valence-electron chi connectivity index (χ4n) is 4.36. The smallest absolute Gasteiger partial charge is 0.335 e. The molecule has 4 aromatic rings. The third-order valence-electron chi connectivity index (χ3n) is 6.86. The van der Waals surface area contributed by atoms with E-state index in [1.165, 1.54) is 12.1 Å². The molecule has 0 spiro atoms. The predicted molar refractivity (Wildman–Crippen MR) is 176 cm³/mol. The Labute approximate surface area is 273 Å². The standard InChI is InChI=1S/C38H34O9/c1-6-35(39)46-32-20-8-25(22-34(32)47-36(40)7-2)9-21-37(41)44-29-15-10-26(11-16-29)28-14-19-31(33(23-28)43-5)27-12-17-30(18-13-27)45-38(42)24(3)4/h6-8,10-20,22-24H,1-2,9,21H2,3-5H3. The van der Waals surface area contributed by atoms with Crippen LogP contribution in [0.1, 0.15) is 25.8 Å². The van der Waals surface area contributed by atoms with Gasteiger partial charge in [-0.3, -0.25) is 9.59 Å². The van der Waals surface area contributed by atoms with Crippen LogP contribution in [-0.2, 0) is 25.6 Å². The molecule has 0 amide bonds. The molecule has 0 bridgehead atoms. The summed E-state index contributed by atoms with van der Waals surface area (Å²) in [4.78, 5) is 47.9. The van der Waals surface area contributed by atoms with Crippen molar-refractivity contribution < 1.29 is 42.9 Å². The molecule has 0 radical (unpaired) electrons. The van der Waals surface area contributed by atoms with Crippen molar-refractivity contribution in [3.8, 4) is 51.0 Å². The fraction of sp³-hybridized carbons (Fsp3) is 0.158. The molecule has 0 aliphatic rings. The number of hydrogen-bond donors (Lipinski definition) is 0. The van der Waals surface area contributed by atoms with Gasteiger partial charge in [-0.25, -0.2) is 9.59 Å². The van der Waals surface area contributed by atoms with Gasteiger partial charge in [-0.05, 0) is 71.1 Å². The van der Waals surface area contributed by atoms with E-state index in [0.29, 0.717) is 22.8 Å². The Hall–Kier alpha value is -5.96. The summed E-state index contributed by atoms with van der Waals surface area (Å²) in [5, 5.41) is 0. The van der Waals surface area contributed by atoms with Gasteiger partial charge in [-0.15, -0.1) is 0 Å². The molecular formula is C38H34O9. The van der Waals surface area contributed by atoms with E-state index in [1.54, 1.807) is 51.3 Å². The molecule has 4 rings (SSSR count). The van der Waals surface area contributed by atoms with Crippen LogP contribution in [0.15, 0.2) is 110 Å². The maximum absolute atomic E-state index is 12.6. The van der Waals surface area contributed by atoms with E-state index in [1.807, 2.05) is 42.5 Å². The fourth-order valence-corrected chi connectivity index (χ4v) is 4.36. The van der Waals surface area contributed by atoms with Gasteiger partial charge >= 0.3 is 23.9 Å². The molecule has 0 atom stereocenters. The first kappa shape index (κ1) is 33.9. The Morgan fingerprint density at radius 2 is 1.21 bits per heavy atom. The Morgan fingerprint density at radius 3 is 1.81 bits per heavy atom. The first-order valence-corrected chi connectivity index (χ1v) is 14.7. The van der Waals surface area contributed by atoms with E-state index in [9.17, 15) is 19.2 Å². The van der Waals surface area contributed by atoms with Crippen molar-refractivity contribution in [2.45, 2.75) is 26.7 Å². The second-order valence-corrected chi connectivity index (χ2v) is 10.5. The van der Waals surface area contributed by atoms with Crippen LogP contribution in [-0.4, -0.2) is 31.0 Å². The van der Waals surface area contributed by atoms with Crippen LogP contribution >= 0.6 is 0 Å². The lowest BCUT2D eigenvalue weighted by atomic mass is 9.99. The van der Waals surface area contributed by atoms with Crippen LogP contribution in [0.4, 0.5) is 0 Å². The largest absolute Gasteiger partial charge is 0.496 e. The molecule has 0 saturated heterocycles. The second kappa shape index (κ2) is 15.9. The third kappa shape index (κ3) is 9.27. The van der Waals surface area contributed by atoms with Crippen molar-refractivity contribution in [3.05, 3.63) is 116 Å². The van der Waals surface area contributed by atoms with Crippen molar-refractivity contribution in [2.24, 2.45) is 5.92 Å². The van der Waals surface area contributed by atoms with Gasteiger partial charge in [0.25, 0.3) is 0 Å². The van der Waals surface area contributed by atoms with Crippen molar-refractivity contribution in [2.75, 3.05) is 7.11 Å². The number of aryl methyl sites for hydroxylation is 1. The highest BCUT2D eigenvalue weighted by atomic mass is 16.6. The van der Waals surface area contributed by atoms with Gasteiger partial charge in [-0.2, -0.15) is 0 Å². The molecule has 0 unspecified atom stereocenters. The van der Waals surface area contributed by atoms with Crippen LogP contribution in [0.3, 0.4) is 0 Å². The monoisotopic (exact) mass is 634 g/mol. The topological polar surface area (TPSA) is 114 Å². The SMILES string of the molecule is C=CC(=O)Oc1ccc(CCC(=O)Oc2ccc(-c3ccc(-c4ccc(OC(=O)C(C)C)cc4)c(OC)c3)cc2)cc1OC(=O)C=C. The minimum Gasteiger partial charge on any atom is -0.496 e. The van der Waals surface area contributed by atoms with Gasteiger partial charge in [0, 0.05) is 24.1 Å². The Balaban J connectivity index is 1.39. The molecular weight excluding hydrogens is 600 g/mol. The van der Waals surface area contributed by atoms with Gasteiger partial charge in [0.15, 0.2) is 11.5 Å². The number of carbonyl (C=O) groups is 4. The summed E-state index contributed by atoms with van der Waals surface area (Å²) in [6.45, 7) is 10.3. The van der Waals surface area contributed by atoms with Crippen LogP contribution < -0.4 is 23.7 Å². The van der Waals surface area contributed by atoms with E-state index in [-0.39, 0.29) is 36.2 Å². The number of carbonyl (C=O) groups excluding carboxylic acids is 4. The molecule has 9 heteroatoms. The Morgan fingerprint density at radius 1 is 0.638 bits per heavy atom. The maximum atomic E-state index is 12.6. The molecule has 4 aromatic carbocycles. The Bertz CT molecular complexity index is 1790. The van der Waals surface area contributed by atoms with Crippen molar-refractivity contribution in [3.63, 3.8) is 0 Å². The molecule has 0 fully saturated rings. The minimum atomic E-state index is -0.729. The molecule has 0 aliphatic carbocycles. The van der Waals surface area contributed by atoms with Crippen molar-refractivity contribution in [1.29, 1.82) is 0 Å². The van der Waals surface area contributed by atoms with Crippen molar-refractivity contribution >= 4 is 23.9 Å². The van der Waals surface area contributed by atoms with Crippen LogP contribution in [0.2, 0.25) is 0 Å². The Kier molecular flexibility index (Phi) is 11.4. The molecule has 240 valence electrons. The van der Waals surface area contributed by atoms with Gasteiger partial charge < -0.3 is 23.7 Å². The lowest BCUT2D eigenvalue weighted by Gasteiger charge is -2.13. The number of hydrogen-bond acceptors (Lipinski definition) is 9. The van der Waals surface area contributed by atoms with E-state index in [2.05, 4.69) is 13.2 Å². The molecule has 0 aromatic heterocycles. The van der Waals surface area contributed by atoms with E-state index in [4.69, 9.17) is 23.7 Å². The zero-order chi connectivity index (χ0) is 33.9. The lowest BCUT2D eigenvalue weighted by molar-refractivity contribution is -0.138. The zero-order valence-electron chi connectivity index (χ0n) is 26.3. The quantitative estimate of drug-likeness (QED) is 0.0848. The van der Waals surface area contributed by atoms with Gasteiger partial charge in [0.05, 0.1) is 13.0 Å². The number of ether oxygens (including phenoxy) is 5. The highest BCUT2D eigenvalue weighted by Gasteiger charge is 2.15. The van der Waals surface area contributed by atoms with Crippen LogP contribution in [0.5, 0.6) is 28.7 Å². The highest BCUT2D eigenvalue weighted by molar-refractivity contribution is 5.86. The normalized spacial score (nSPS) is 10.5. The highest BCUT2D eigenvalue weighted by Crippen LogP contribution is 2.35. The lowest BCUT2D eigenvalue weighted by Crippen LogP contribution is -2.14. The third-order valence-corrected chi connectivity index (χ3v) is 6.86. The van der Waals surface area contributed by atoms with E-state index >= 15 is 0 Å². The summed E-state index contributed by atoms with van der Waals surface area (Å²) >= 11 is 0. The number of rotatable bonds is 13. The first-order valence-electron chi connectivity index (χ1n) is 14.7.